The Balaban J connectivity index is 2.48. The van der Waals surface area contributed by atoms with Gasteiger partial charge in [-0.25, -0.2) is 4.98 Å². The van der Waals surface area contributed by atoms with E-state index in [-0.39, 0.29) is 5.28 Å². The minimum Gasteiger partial charge on any atom is -0.345 e. The largest absolute Gasteiger partial charge is 0.345 e. The van der Waals surface area contributed by atoms with E-state index in [1.54, 1.807) is 0 Å². The van der Waals surface area contributed by atoms with Crippen LogP contribution in [-0.2, 0) is 0 Å². The molecule has 0 aliphatic rings. The molecule has 0 bridgehead atoms. The third-order valence-electron chi connectivity index (χ3n) is 2.06. The van der Waals surface area contributed by atoms with Crippen LogP contribution >= 0.6 is 39.1 Å². The molecular formula is C10H8BrCl2N3. The molecule has 0 fully saturated rings. The van der Waals surface area contributed by atoms with Gasteiger partial charge in [-0.15, -0.1) is 0 Å². The third-order valence-corrected chi connectivity index (χ3v) is 2.96. The Labute approximate surface area is 111 Å². The van der Waals surface area contributed by atoms with Crippen LogP contribution in [0.15, 0.2) is 12.3 Å². The number of rotatable bonds is 3. The van der Waals surface area contributed by atoms with Crippen molar-refractivity contribution in [3.05, 3.63) is 28.3 Å². The van der Waals surface area contributed by atoms with Crippen molar-refractivity contribution in [1.82, 2.24) is 15.0 Å². The monoisotopic (exact) mass is 319 g/mol. The molecule has 0 spiro atoms. The minimum atomic E-state index is 0.148. The topological polar surface area (TPSA) is 41.6 Å². The zero-order chi connectivity index (χ0) is 11.5. The fraction of sp³-hybridized carbons (Fsp3) is 0.200. The lowest BCUT2D eigenvalue weighted by Crippen LogP contribution is -1.85. The van der Waals surface area contributed by atoms with E-state index in [1.807, 2.05) is 12.3 Å². The molecule has 2 heterocycles. The van der Waals surface area contributed by atoms with Crippen molar-refractivity contribution in [2.45, 2.75) is 6.42 Å². The van der Waals surface area contributed by atoms with Gasteiger partial charge in [0.1, 0.15) is 10.8 Å². The molecule has 0 amide bonds. The number of hydrogen-bond acceptors (Lipinski definition) is 2. The lowest BCUT2D eigenvalue weighted by molar-refractivity contribution is 1.20. The molecule has 1 N–H and O–H groups in total. The van der Waals surface area contributed by atoms with Gasteiger partial charge in [0.05, 0.1) is 5.39 Å². The highest BCUT2D eigenvalue weighted by molar-refractivity contribution is 9.09. The van der Waals surface area contributed by atoms with Crippen LogP contribution in [0.2, 0.25) is 10.4 Å². The molecule has 0 saturated carbocycles. The van der Waals surface area contributed by atoms with Crippen LogP contribution in [0, 0.1) is 0 Å². The number of nitrogens with one attached hydrogen (secondary N) is 1. The predicted molar refractivity (Wildman–Crippen MR) is 71.4 cm³/mol. The fourth-order valence-corrected chi connectivity index (χ4v) is 2.15. The van der Waals surface area contributed by atoms with Gasteiger partial charge in [0, 0.05) is 17.1 Å². The number of H-pyrrole nitrogens is 1. The maximum Gasteiger partial charge on any atom is 0.225 e. The molecule has 0 aliphatic carbocycles. The molecule has 3 nitrogen and oxygen atoms in total. The van der Waals surface area contributed by atoms with Crippen molar-refractivity contribution in [3.8, 4) is 0 Å². The smallest absolute Gasteiger partial charge is 0.225 e. The summed E-state index contributed by atoms with van der Waals surface area (Å²) in [5.41, 5.74) is 1.63. The molecule has 2 aromatic rings. The first-order chi connectivity index (χ1) is 7.72. The van der Waals surface area contributed by atoms with Gasteiger partial charge in [-0.2, -0.15) is 4.98 Å². The Hall–Kier alpha value is -0.580. The standard InChI is InChI=1S/C10H8BrCl2N3/c11-4-2-1-3-6-5-14-9-7(6)8(12)15-10(13)16-9/h1,3,5H,2,4H2,(H,14,15,16). The summed E-state index contributed by atoms with van der Waals surface area (Å²) in [6.07, 6.45) is 6.84. The molecule has 0 unspecified atom stereocenters. The predicted octanol–water partition coefficient (Wildman–Crippen LogP) is 4.06. The summed E-state index contributed by atoms with van der Waals surface area (Å²) in [7, 11) is 0. The molecule has 2 rings (SSSR count). The third kappa shape index (κ3) is 2.39. The SMILES string of the molecule is Clc1nc(Cl)c2c(C=CCCBr)c[nH]c2n1. The molecule has 84 valence electrons. The van der Waals surface area contributed by atoms with Gasteiger partial charge in [0.25, 0.3) is 0 Å². The van der Waals surface area contributed by atoms with Crippen LogP contribution < -0.4 is 0 Å². The summed E-state index contributed by atoms with van der Waals surface area (Å²) in [6.45, 7) is 0. The van der Waals surface area contributed by atoms with E-state index in [2.05, 4.69) is 37.0 Å². The lowest BCUT2D eigenvalue weighted by atomic mass is 10.2. The molecule has 2 aromatic heterocycles. The van der Waals surface area contributed by atoms with E-state index in [4.69, 9.17) is 23.2 Å². The van der Waals surface area contributed by atoms with Crippen LogP contribution in [0.5, 0.6) is 0 Å². The second-order valence-corrected chi connectivity index (χ2v) is 4.62. The van der Waals surface area contributed by atoms with E-state index in [0.29, 0.717) is 10.8 Å². The van der Waals surface area contributed by atoms with E-state index in [9.17, 15) is 0 Å². The Bertz CT molecular complexity index is 536. The molecule has 0 aliphatic heterocycles. The van der Waals surface area contributed by atoms with Crippen molar-refractivity contribution in [2.24, 2.45) is 0 Å². The van der Waals surface area contributed by atoms with E-state index in [1.165, 1.54) is 0 Å². The number of alkyl halides is 1. The molecule has 0 radical (unpaired) electrons. The summed E-state index contributed by atoms with van der Waals surface area (Å²) in [5, 5.41) is 2.25. The average Bonchev–Trinajstić information content (AvgIpc) is 2.62. The van der Waals surface area contributed by atoms with Gasteiger partial charge in [-0.3, -0.25) is 0 Å². The van der Waals surface area contributed by atoms with Gasteiger partial charge < -0.3 is 4.98 Å². The first kappa shape index (κ1) is 11.9. The Morgan fingerprint density at radius 3 is 2.94 bits per heavy atom. The zero-order valence-corrected chi connectivity index (χ0v) is 11.3. The van der Waals surface area contributed by atoms with Crippen LogP contribution in [0.3, 0.4) is 0 Å². The number of nitrogens with zero attached hydrogens (tertiary/aromatic N) is 2. The van der Waals surface area contributed by atoms with Gasteiger partial charge in [-0.05, 0) is 18.0 Å². The maximum absolute atomic E-state index is 6.02. The number of fused-ring (bicyclic) bond motifs is 1. The summed E-state index contributed by atoms with van der Waals surface area (Å²) in [4.78, 5) is 11.0. The van der Waals surface area contributed by atoms with Crippen LogP contribution in [0.4, 0.5) is 0 Å². The van der Waals surface area contributed by atoms with Gasteiger partial charge in [0.2, 0.25) is 5.28 Å². The molecule has 6 heteroatoms. The van der Waals surface area contributed by atoms with Crippen LogP contribution in [0.25, 0.3) is 17.1 Å². The molecule has 0 atom stereocenters. The van der Waals surface area contributed by atoms with Crippen LogP contribution in [-0.4, -0.2) is 20.3 Å². The van der Waals surface area contributed by atoms with E-state index in [0.717, 1.165) is 22.7 Å². The Kier molecular flexibility index (Phi) is 3.84. The number of allylic oxidation sites excluding steroid dienone is 1. The Morgan fingerprint density at radius 2 is 2.19 bits per heavy atom. The zero-order valence-electron chi connectivity index (χ0n) is 8.17. The maximum atomic E-state index is 6.02. The molecule has 16 heavy (non-hydrogen) atoms. The lowest BCUT2D eigenvalue weighted by Gasteiger charge is -1.95. The number of halogens is 3. The van der Waals surface area contributed by atoms with Crippen molar-refractivity contribution in [2.75, 3.05) is 5.33 Å². The summed E-state index contributed by atoms with van der Waals surface area (Å²) < 4.78 is 0. The molecule has 0 saturated heterocycles. The van der Waals surface area contributed by atoms with E-state index >= 15 is 0 Å². The molecular weight excluding hydrogens is 313 g/mol. The normalized spacial score (nSPS) is 11.7. The van der Waals surface area contributed by atoms with Gasteiger partial charge in [0.15, 0.2) is 0 Å². The summed E-state index contributed by atoms with van der Waals surface area (Å²) >= 11 is 15.1. The second kappa shape index (κ2) is 5.17. The fourth-order valence-electron chi connectivity index (χ4n) is 1.39. The van der Waals surface area contributed by atoms with Gasteiger partial charge in [-0.1, -0.05) is 39.7 Å². The first-order valence-corrected chi connectivity index (χ1v) is 6.52. The Morgan fingerprint density at radius 1 is 1.38 bits per heavy atom. The van der Waals surface area contributed by atoms with Crippen molar-refractivity contribution in [1.29, 1.82) is 0 Å². The molecule has 0 aromatic carbocycles. The minimum absolute atomic E-state index is 0.148. The quantitative estimate of drug-likeness (QED) is 0.526. The highest BCUT2D eigenvalue weighted by Gasteiger charge is 2.09. The van der Waals surface area contributed by atoms with Crippen molar-refractivity contribution < 1.29 is 0 Å². The summed E-state index contributed by atoms with van der Waals surface area (Å²) in [6, 6.07) is 0. The highest BCUT2D eigenvalue weighted by atomic mass is 79.9. The van der Waals surface area contributed by atoms with Crippen LogP contribution in [0.1, 0.15) is 12.0 Å². The number of hydrogen-bond donors (Lipinski definition) is 1. The van der Waals surface area contributed by atoms with Crippen molar-refractivity contribution >= 4 is 56.2 Å². The van der Waals surface area contributed by atoms with E-state index < -0.39 is 0 Å². The first-order valence-electron chi connectivity index (χ1n) is 4.65. The highest BCUT2D eigenvalue weighted by Crippen LogP contribution is 2.26. The summed E-state index contributed by atoms with van der Waals surface area (Å²) in [5.74, 6) is 0. The number of aromatic nitrogens is 3. The second-order valence-electron chi connectivity index (χ2n) is 3.13. The van der Waals surface area contributed by atoms with Gasteiger partial charge >= 0.3 is 0 Å². The van der Waals surface area contributed by atoms with Crippen molar-refractivity contribution in [3.63, 3.8) is 0 Å². The average molecular weight is 321 g/mol. The number of aromatic amines is 1.